The molecule has 3 rings (SSSR count). The van der Waals surface area contributed by atoms with Gasteiger partial charge in [0.25, 0.3) is 10.0 Å². The second-order valence-electron chi connectivity index (χ2n) is 5.75. The SMILES string of the molecule is CCCCNc1nc2ccccc2nc1NS(=O)(=O)c1ccc(Br)cc1. The van der Waals surface area contributed by atoms with Gasteiger partial charge in [-0.25, -0.2) is 18.4 Å². The van der Waals surface area contributed by atoms with Crippen molar-refractivity contribution < 1.29 is 8.42 Å². The van der Waals surface area contributed by atoms with Gasteiger partial charge in [-0.05, 0) is 42.8 Å². The molecule has 0 atom stereocenters. The molecule has 1 heterocycles. The van der Waals surface area contributed by atoms with Crippen molar-refractivity contribution in [3.63, 3.8) is 0 Å². The molecule has 0 unspecified atom stereocenters. The summed E-state index contributed by atoms with van der Waals surface area (Å²) in [5, 5.41) is 3.18. The molecular weight excluding hydrogens is 416 g/mol. The second kappa shape index (κ2) is 8.01. The molecule has 2 aromatic carbocycles. The fraction of sp³-hybridized carbons (Fsp3) is 0.222. The molecule has 0 aliphatic rings. The van der Waals surface area contributed by atoms with Gasteiger partial charge in [0.15, 0.2) is 11.6 Å². The van der Waals surface area contributed by atoms with Gasteiger partial charge in [-0.15, -0.1) is 0 Å². The van der Waals surface area contributed by atoms with E-state index in [0.717, 1.165) is 17.3 Å². The molecule has 8 heteroatoms. The Morgan fingerprint density at radius 1 is 0.962 bits per heavy atom. The number of halogens is 1. The Morgan fingerprint density at radius 3 is 2.19 bits per heavy atom. The number of anilines is 2. The van der Waals surface area contributed by atoms with E-state index in [9.17, 15) is 8.42 Å². The van der Waals surface area contributed by atoms with Crippen LogP contribution in [0.1, 0.15) is 19.8 Å². The fourth-order valence-corrected chi connectivity index (χ4v) is 3.65. The van der Waals surface area contributed by atoms with Crippen molar-refractivity contribution in [2.75, 3.05) is 16.6 Å². The monoisotopic (exact) mass is 434 g/mol. The number of hydrogen-bond acceptors (Lipinski definition) is 5. The van der Waals surface area contributed by atoms with Gasteiger partial charge in [-0.1, -0.05) is 41.4 Å². The van der Waals surface area contributed by atoms with Gasteiger partial charge < -0.3 is 5.32 Å². The van der Waals surface area contributed by atoms with Crippen molar-refractivity contribution in [2.24, 2.45) is 0 Å². The van der Waals surface area contributed by atoms with E-state index in [2.05, 4.69) is 42.9 Å². The molecule has 1 aromatic heterocycles. The van der Waals surface area contributed by atoms with Crippen molar-refractivity contribution in [3.8, 4) is 0 Å². The number of unbranched alkanes of at least 4 members (excludes halogenated alkanes) is 1. The van der Waals surface area contributed by atoms with E-state index in [0.29, 0.717) is 23.4 Å². The molecule has 0 aliphatic carbocycles. The Morgan fingerprint density at radius 2 is 1.58 bits per heavy atom. The average molecular weight is 435 g/mol. The van der Waals surface area contributed by atoms with E-state index in [1.54, 1.807) is 18.2 Å². The van der Waals surface area contributed by atoms with Gasteiger partial charge in [-0.3, -0.25) is 4.72 Å². The average Bonchev–Trinajstić information content (AvgIpc) is 2.62. The maximum atomic E-state index is 12.7. The van der Waals surface area contributed by atoms with Crippen LogP contribution in [0, 0.1) is 0 Å². The Bertz CT molecular complexity index is 1010. The number of benzene rings is 2. The zero-order valence-electron chi connectivity index (χ0n) is 14.2. The van der Waals surface area contributed by atoms with Gasteiger partial charge in [0, 0.05) is 11.0 Å². The number of sulfonamides is 1. The van der Waals surface area contributed by atoms with E-state index in [1.165, 1.54) is 12.1 Å². The van der Waals surface area contributed by atoms with Crippen LogP contribution in [0.15, 0.2) is 57.9 Å². The molecule has 0 radical (unpaired) electrons. The summed E-state index contributed by atoms with van der Waals surface area (Å²) in [5.41, 5.74) is 1.33. The molecule has 0 fully saturated rings. The van der Waals surface area contributed by atoms with Gasteiger partial charge in [0.05, 0.1) is 15.9 Å². The number of rotatable bonds is 7. The summed E-state index contributed by atoms with van der Waals surface area (Å²) in [5.74, 6) is 0.626. The first-order chi connectivity index (χ1) is 12.5. The Kier molecular flexibility index (Phi) is 5.73. The van der Waals surface area contributed by atoms with Crippen LogP contribution in [0.3, 0.4) is 0 Å². The van der Waals surface area contributed by atoms with Crippen LogP contribution in [-0.2, 0) is 10.0 Å². The lowest BCUT2D eigenvalue weighted by Crippen LogP contribution is -2.17. The van der Waals surface area contributed by atoms with Crippen LogP contribution in [0.25, 0.3) is 11.0 Å². The molecule has 2 N–H and O–H groups in total. The van der Waals surface area contributed by atoms with Gasteiger partial charge >= 0.3 is 0 Å². The van der Waals surface area contributed by atoms with Crippen LogP contribution in [0.4, 0.5) is 11.6 Å². The Hall–Kier alpha value is -2.19. The summed E-state index contributed by atoms with van der Waals surface area (Å²) in [4.78, 5) is 9.15. The third kappa shape index (κ3) is 4.31. The molecule has 3 aromatic rings. The maximum Gasteiger partial charge on any atom is 0.263 e. The fourth-order valence-electron chi connectivity index (χ4n) is 2.38. The first-order valence-electron chi connectivity index (χ1n) is 8.28. The Labute approximate surface area is 161 Å². The summed E-state index contributed by atoms with van der Waals surface area (Å²) in [7, 11) is -3.77. The van der Waals surface area contributed by atoms with Gasteiger partial charge in [-0.2, -0.15) is 0 Å². The standard InChI is InChI=1S/C18H19BrN4O2S/c1-2-3-12-20-17-18(22-16-7-5-4-6-15(16)21-17)23-26(24,25)14-10-8-13(19)9-11-14/h4-11H,2-3,12H2,1H3,(H,20,21)(H,22,23). The minimum absolute atomic E-state index is 0.162. The van der Waals surface area contributed by atoms with Crippen LogP contribution >= 0.6 is 15.9 Å². The number of hydrogen-bond donors (Lipinski definition) is 2. The number of nitrogens with zero attached hydrogens (tertiary/aromatic N) is 2. The van der Waals surface area contributed by atoms with Crippen molar-refractivity contribution >= 4 is 48.6 Å². The minimum atomic E-state index is -3.77. The molecular formula is C18H19BrN4O2S. The molecule has 136 valence electrons. The van der Waals surface area contributed by atoms with Crippen LogP contribution in [0.5, 0.6) is 0 Å². The van der Waals surface area contributed by atoms with Gasteiger partial charge in [0.1, 0.15) is 0 Å². The van der Waals surface area contributed by atoms with E-state index in [-0.39, 0.29) is 10.7 Å². The van der Waals surface area contributed by atoms with Crippen LogP contribution in [0.2, 0.25) is 0 Å². The number of nitrogens with one attached hydrogen (secondary N) is 2. The smallest absolute Gasteiger partial charge is 0.263 e. The van der Waals surface area contributed by atoms with Crippen molar-refractivity contribution in [2.45, 2.75) is 24.7 Å². The van der Waals surface area contributed by atoms with Crippen molar-refractivity contribution in [1.82, 2.24) is 9.97 Å². The summed E-state index contributed by atoms with van der Waals surface area (Å²) < 4.78 is 28.8. The predicted octanol–water partition coefficient (Wildman–Crippen LogP) is 4.41. The number of aromatic nitrogens is 2. The molecule has 0 aliphatic heterocycles. The molecule has 26 heavy (non-hydrogen) atoms. The molecule has 0 amide bonds. The lowest BCUT2D eigenvalue weighted by molar-refractivity contribution is 0.601. The summed E-state index contributed by atoms with van der Waals surface area (Å²) in [6.45, 7) is 2.78. The highest BCUT2D eigenvalue weighted by Crippen LogP contribution is 2.25. The molecule has 0 saturated carbocycles. The lowest BCUT2D eigenvalue weighted by atomic mass is 10.3. The zero-order chi connectivity index (χ0) is 18.6. The second-order valence-corrected chi connectivity index (χ2v) is 8.35. The largest absolute Gasteiger partial charge is 0.367 e. The number of fused-ring (bicyclic) bond motifs is 1. The molecule has 0 saturated heterocycles. The highest BCUT2D eigenvalue weighted by atomic mass is 79.9. The van der Waals surface area contributed by atoms with Crippen LogP contribution < -0.4 is 10.0 Å². The topological polar surface area (TPSA) is 84.0 Å². The number of para-hydroxylation sites is 2. The van der Waals surface area contributed by atoms with Gasteiger partial charge in [0.2, 0.25) is 0 Å². The van der Waals surface area contributed by atoms with E-state index < -0.39 is 10.0 Å². The molecule has 0 bridgehead atoms. The highest BCUT2D eigenvalue weighted by molar-refractivity contribution is 9.10. The van der Waals surface area contributed by atoms with Crippen LogP contribution in [-0.4, -0.2) is 24.9 Å². The third-order valence-corrected chi connectivity index (χ3v) is 5.63. The third-order valence-electron chi connectivity index (χ3n) is 3.75. The zero-order valence-corrected chi connectivity index (χ0v) is 16.6. The summed E-state index contributed by atoms with van der Waals surface area (Å²) >= 11 is 3.31. The predicted molar refractivity (Wildman–Crippen MR) is 108 cm³/mol. The highest BCUT2D eigenvalue weighted by Gasteiger charge is 2.18. The quantitative estimate of drug-likeness (QED) is 0.538. The minimum Gasteiger partial charge on any atom is -0.367 e. The normalized spacial score (nSPS) is 11.5. The molecule has 0 spiro atoms. The Balaban J connectivity index is 1.98. The summed E-state index contributed by atoms with van der Waals surface area (Å²) in [6.07, 6.45) is 1.97. The molecule has 6 nitrogen and oxygen atoms in total. The van der Waals surface area contributed by atoms with Crippen molar-refractivity contribution in [3.05, 3.63) is 53.0 Å². The first kappa shape index (κ1) is 18.6. The van der Waals surface area contributed by atoms with E-state index >= 15 is 0 Å². The van der Waals surface area contributed by atoms with E-state index in [4.69, 9.17) is 0 Å². The summed E-state index contributed by atoms with van der Waals surface area (Å²) in [6, 6.07) is 13.8. The van der Waals surface area contributed by atoms with E-state index in [1.807, 2.05) is 18.2 Å². The maximum absolute atomic E-state index is 12.7. The first-order valence-corrected chi connectivity index (χ1v) is 10.6. The van der Waals surface area contributed by atoms with Crippen molar-refractivity contribution in [1.29, 1.82) is 0 Å². The lowest BCUT2D eigenvalue weighted by Gasteiger charge is -2.13.